The van der Waals surface area contributed by atoms with Gasteiger partial charge in [-0.3, -0.25) is 9.78 Å². The number of nitrogen functional groups attached to an aromatic ring is 1. The Balaban J connectivity index is 2.24. The molecule has 1 aliphatic heterocycles. The number of nitrogens with two attached hydrogens (primary N) is 1. The summed E-state index contributed by atoms with van der Waals surface area (Å²) in [6.45, 7) is 0.686. The SMILES string of the molecule is Nc1cnc([C@@H]2CCNC(=O)C2)c(Cl)c1. The summed E-state index contributed by atoms with van der Waals surface area (Å²) in [4.78, 5) is 15.4. The van der Waals surface area contributed by atoms with Gasteiger partial charge in [0.1, 0.15) is 0 Å². The van der Waals surface area contributed by atoms with E-state index in [-0.39, 0.29) is 11.8 Å². The fourth-order valence-corrected chi connectivity index (χ4v) is 2.11. The molecule has 0 spiro atoms. The lowest BCUT2D eigenvalue weighted by Crippen LogP contribution is -2.32. The van der Waals surface area contributed by atoms with Crippen molar-refractivity contribution in [3.63, 3.8) is 0 Å². The number of hydrogen-bond acceptors (Lipinski definition) is 3. The monoisotopic (exact) mass is 225 g/mol. The van der Waals surface area contributed by atoms with Gasteiger partial charge in [0.25, 0.3) is 0 Å². The second-order valence-corrected chi connectivity index (χ2v) is 4.08. The molecule has 2 rings (SSSR count). The summed E-state index contributed by atoms with van der Waals surface area (Å²) in [5, 5.41) is 3.33. The van der Waals surface area contributed by atoms with E-state index in [9.17, 15) is 4.79 Å². The molecule has 1 atom stereocenters. The first-order valence-corrected chi connectivity index (χ1v) is 5.22. The number of anilines is 1. The van der Waals surface area contributed by atoms with Crippen LogP contribution in [0.4, 0.5) is 5.69 Å². The van der Waals surface area contributed by atoms with Gasteiger partial charge in [0.2, 0.25) is 5.91 Å². The second kappa shape index (κ2) is 4.06. The highest BCUT2D eigenvalue weighted by molar-refractivity contribution is 6.31. The van der Waals surface area contributed by atoms with Crippen molar-refractivity contribution in [1.29, 1.82) is 0 Å². The first kappa shape index (κ1) is 10.2. The largest absolute Gasteiger partial charge is 0.397 e. The Morgan fingerprint density at radius 2 is 2.40 bits per heavy atom. The van der Waals surface area contributed by atoms with Gasteiger partial charge >= 0.3 is 0 Å². The number of piperidine rings is 1. The molecule has 1 aromatic rings. The van der Waals surface area contributed by atoms with E-state index in [2.05, 4.69) is 10.3 Å². The number of aromatic nitrogens is 1. The smallest absolute Gasteiger partial charge is 0.220 e. The van der Waals surface area contributed by atoms with E-state index < -0.39 is 0 Å². The number of carbonyl (C=O) groups excluding carboxylic acids is 1. The molecule has 0 aromatic carbocycles. The van der Waals surface area contributed by atoms with E-state index in [0.29, 0.717) is 23.7 Å². The third-order valence-corrected chi connectivity index (χ3v) is 2.83. The Morgan fingerprint density at radius 1 is 1.60 bits per heavy atom. The van der Waals surface area contributed by atoms with Crippen molar-refractivity contribution in [1.82, 2.24) is 10.3 Å². The lowest BCUT2D eigenvalue weighted by atomic mass is 9.93. The molecule has 0 unspecified atom stereocenters. The summed E-state index contributed by atoms with van der Waals surface area (Å²) in [5.41, 5.74) is 6.88. The van der Waals surface area contributed by atoms with Crippen molar-refractivity contribution in [2.24, 2.45) is 0 Å². The maximum Gasteiger partial charge on any atom is 0.220 e. The van der Waals surface area contributed by atoms with E-state index >= 15 is 0 Å². The second-order valence-electron chi connectivity index (χ2n) is 3.68. The van der Waals surface area contributed by atoms with Crippen LogP contribution in [-0.4, -0.2) is 17.4 Å². The molecule has 3 N–H and O–H groups in total. The Hall–Kier alpha value is -1.29. The predicted molar refractivity (Wildman–Crippen MR) is 58.6 cm³/mol. The molecule has 2 heterocycles. The van der Waals surface area contributed by atoms with E-state index in [0.717, 1.165) is 12.1 Å². The molecular formula is C10H12ClN3O. The zero-order valence-corrected chi connectivity index (χ0v) is 8.92. The average molecular weight is 226 g/mol. The number of nitrogens with one attached hydrogen (secondary N) is 1. The molecule has 0 aliphatic carbocycles. The highest BCUT2D eigenvalue weighted by atomic mass is 35.5. The summed E-state index contributed by atoms with van der Waals surface area (Å²) in [5.74, 6) is 0.174. The zero-order chi connectivity index (χ0) is 10.8. The highest BCUT2D eigenvalue weighted by Gasteiger charge is 2.23. The molecule has 1 saturated heterocycles. The van der Waals surface area contributed by atoms with Crippen LogP contribution in [0.3, 0.4) is 0 Å². The summed E-state index contributed by atoms with van der Waals surface area (Å²) in [7, 11) is 0. The molecule has 0 radical (unpaired) electrons. The van der Waals surface area contributed by atoms with Crippen LogP contribution in [0.1, 0.15) is 24.5 Å². The molecule has 1 amide bonds. The Bertz CT molecular complexity index is 394. The maximum atomic E-state index is 11.2. The van der Waals surface area contributed by atoms with Crippen molar-refractivity contribution in [3.05, 3.63) is 23.0 Å². The van der Waals surface area contributed by atoms with Gasteiger partial charge in [0.15, 0.2) is 0 Å². The van der Waals surface area contributed by atoms with Gasteiger partial charge in [-0.05, 0) is 12.5 Å². The molecule has 1 aromatic heterocycles. The molecule has 0 bridgehead atoms. The fraction of sp³-hybridized carbons (Fsp3) is 0.400. The molecule has 0 saturated carbocycles. The van der Waals surface area contributed by atoms with E-state index in [1.165, 1.54) is 0 Å². The summed E-state index contributed by atoms with van der Waals surface area (Å²) in [6.07, 6.45) is 2.91. The molecule has 5 heteroatoms. The lowest BCUT2D eigenvalue weighted by Gasteiger charge is -2.22. The van der Waals surface area contributed by atoms with Crippen LogP contribution in [0.25, 0.3) is 0 Å². The third-order valence-electron chi connectivity index (χ3n) is 2.52. The van der Waals surface area contributed by atoms with E-state index in [1.54, 1.807) is 12.3 Å². The predicted octanol–water partition coefficient (Wildman–Crippen LogP) is 1.31. The minimum absolute atomic E-state index is 0.0564. The Labute approximate surface area is 92.8 Å². The summed E-state index contributed by atoms with van der Waals surface area (Å²) in [6, 6.07) is 1.68. The van der Waals surface area contributed by atoms with Crippen LogP contribution in [-0.2, 0) is 4.79 Å². The number of amides is 1. The van der Waals surface area contributed by atoms with Gasteiger partial charge in [0.05, 0.1) is 22.6 Å². The van der Waals surface area contributed by atoms with Crippen LogP contribution in [0.2, 0.25) is 5.02 Å². The first-order chi connectivity index (χ1) is 7.16. The number of halogens is 1. The molecule has 15 heavy (non-hydrogen) atoms. The maximum absolute atomic E-state index is 11.2. The van der Waals surface area contributed by atoms with Gasteiger partial charge in [-0.25, -0.2) is 0 Å². The van der Waals surface area contributed by atoms with Gasteiger partial charge in [-0.2, -0.15) is 0 Å². The highest BCUT2D eigenvalue weighted by Crippen LogP contribution is 2.30. The topological polar surface area (TPSA) is 68.0 Å². The number of pyridine rings is 1. The minimum Gasteiger partial charge on any atom is -0.397 e. The van der Waals surface area contributed by atoms with Crippen LogP contribution >= 0.6 is 11.6 Å². The van der Waals surface area contributed by atoms with Crippen LogP contribution < -0.4 is 11.1 Å². The van der Waals surface area contributed by atoms with E-state index in [4.69, 9.17) is 17.3 Å². The average Bonchev–Trinajstić information content (AvgIpc) is 2.17. The Kier molecular flexibility index (Phi) is 2.77. The zero-order valence-electron chi connectivity index (χ0n) is 8.16. The molecule has 80 valence electrons. The molecule has 4 nitrogen and oxygen atoms in total. The standard InChI is InChI=1S/C10H12ClN3O/c11-8-4-7(12)5-14-10(8)6-1-2-13-9(15)3-6/h4-6H,1-3,12H2,(H,13,15)/t6-/m1/s1. The van der Waals surface area contributed by atoms with Crippen molar-refractivity contribution in [3.8, 4) is 0 Å². The first-order valence-electron chi connectivity index (χ1n) is 4.84. The van der Waals surface area contributed by atoms with Gasteiger partial charge in [-0.15, -0.1) is 0 Å². The summed E-state index contributed by atoms with van der Waals surface area (Å²) >= 11 is 6.04. The van der Waals surface area contributed by atoms with Gasteiger partial charge in [-0.1, -0.05) is 11.6 Å². The van der Waals surface area contributed by atoms with E-state index in [1.807, 2.05) is 0 Å². The Morgan fingerprint density at radius 3 is 3.07 bits per heavy atom. The van der Waals surface area contributed by atoms with Gasteiger partial charge < -0.3 is 11.1 Å². The molecule has 1 aliphatic rings. The minimum atomic E-state index is 0.0564. The van der Waals surface area contributed by atoms with Crippen molar-refractivity contribution in [2.75, 3.05) is 12.3 Å². The van der Waals surface area contributed by atoms with Crippen LogP contribution in [0.15, 0.2) is 12.3 Å². The lowest BCUT2D eigenvalue weighted by molar-refractivity contribution is -0.122. The van der Waals surface area contributed by atoms with Crippen LogP contribution in [0, 0.1) is 0 Å². The molecular weight excluding hydrogens is 214 g/mol. The van der Waals surface area contributed by atoms with Crippen molar-refractivity contribution < 1.29 is 4.79 Å². The fourth-order valence-electron chi connectivity index (χ4n) is 1.78. The molecule has 1 fully saturated rings. The number of carbonyl (C=O) groups is 1. The normalized spacial score (nSPS) is 21.1. The van der Waals surface area contributed by atoms with Gasteiger partial charge in [0, 0.05) is 18.9 Å². The van der Waals surface area contributed by atoms with Crippen molar-refractivity contribution >= 4 is 23.2 Å². The summed E-state index contributed by atoms with van der Waals surface area (Å²) < 4.78 is 0. The number of nitrogens with zero attached hydrogens (tertiary/aromatic N) is 1. The quantitative estimate of drug-likeness (QED) is 0.757. The van der Waals surface area contributed by atoms with Crippen molar-refractivity contribution in [2.45, 2.75) is 18.8 Å². The number of hydrogen-bond donors (Lipinski definition) is 2. The third kappa shape index (κ3) is 2.21. The van der Waals surface area contributed by atoms with Crippen LogP contribution in [0.5, 0.6) is 0 Å². The number of rotatable bonds is 1.